The molecule has 5 rings (SSSR count). The average molecular weight is 492 g/mol. The molecule has 0 saturated heterocycles. The van der Waals surface area contributed by atoms with E-state index in [9.17, 15) is 14.6 Å². The number of rotatable bonds is 7. The zero-order valence-electron chi connectivity index (χ0n) is 21.0. The Morgan fingerprint density at radius 1 is 1.03 bits per heavy atom. The third kappa shape index (κ3) is 5.25. The van der Waals surface area contributed by atoms with Crippen LogP contribution in [-0.2, 0) is 19.4 Å². The predicted molar refractivity (Wildman–Crippen MR) is 137 cm³/mol. The Balaban J connectivity index is 1.27. The van der Waals surface area contributed by atoms with E-state index in [4.69, 9.17) is 9.47 Å². The number of halogens is 1. The summed E-state index contributed by atoms with van der Waals surface area (Å²) in [4.78, 5) is 4.54. The smallest absolute Gasteiger partial charge is 0.213 e. The minimum absolute atomic E-state index is 0.000402. The molecule has 1 saturated carbocycles. The number of aliphatic hydroxyl groups is 2. The highest BCUT2D eigenvalue weighted by Crippen LogP contribution is 2.32. The second-order valence-electron chi connectivity index (χ2n) is 10.5. The molecule has 0 spiro atoms. The maximum atomic E-state index is 14.6. The molecule has 2 aliphatic carbocycles. The minimum Gasteiger partial charge on any atom is -0.489 e. The van der Waals surface area contributed by atoms with E-state index in [0.29, 0.717) is 30.2 Å². The number of aliphatic hydroxyl groups excluding tert-OH is 1. The summed E-state index contributed by atoms with van der Waals surface area (Å²) in [6.07, 6.45) is 4.24. The first-order valence-corrected chi connectivity index (χ1v) is 12.8. The van der Waals surface area contributed by atoms with Crippen molar-refractivity contribution in [1.82, 2.24) is 4.98 Å². The van der Waals surface area contributed by atoms with E-state index in [2.05, 4.69) is 24.0 Å². The molecule has 1 heterocycles. The molecular weight excluding hydrogens is 457 g/mol. The molecular formula is C30H34FNO4. The molecule has 0 aliphatic heterocycles. The van der Waals surface area contributed by atoms with E-state index in [0.717, 1.165) is 48.3 Å². The number of hydrogen-bond acceptors (Lipinski definition) is 5. The second kappa shape index (κ2) is 10.2. The Labute approximate surface area is 211 Å². The van der Waals surface area contributed by atoms with Crippen molar-refractivity contribution in [3.63, 3.8) is 0 Å². The second-order valence-corrected chi connectivity index (χ2v) is 10.5. The molecule has 5 nitrogen and oxygen atoms in total. The summed E-state index contributed by atoms with van der Waals surface area (Å²) in [6.45, 7) is 4.26. The highest BCUT2D eigenvalue weighted by atomic mass is 19.1. The molecule has 3 unspecified atom stereocenters. The summed E-state index contributed by atoms with van der Waals surface area (Å²) >= 11 is 0. The number of benzene rings is 2. The molecule has 0 bridgehead atoms. The third-order valence-electron chi connectivity index (χ3n) is 7.55. The zero-order valence-corrected chi connectivity index (χ0v) is 21.0. The number of pyridine rings is 1. The highest BCUT2D eigenvalue weighted by molar-refractivity contribution is 5.67. The fraction of sp³-hybridized carbons (Fsp3) is 0.433. The van der Waals surface area contributed by atoms with Gasteiger partial charge in [-0.05, 0) is 85.5 Å². The first-order chi connectivity index (χ1) is 17.3. The van der Waals surface area contributed by atoms with Gasteiger partial charge in [-0.2, -0.15) is 0 Å². The quantitative estimate of drug-likeness (QED) is 0.453. The monoisotopic (exact) mass is 491 g/mol. The van der Waals surface area contributed by atoms with Gasteiger partial charge in [0.1, 0.15) is 30.4 Å². The van der Waals surface area contributed by atoms with Crippen molar-refractivity contribution >= 4 is 0 Å². The highest BCUT2D eigenvalue weighted by Gasteiger charge is 2.38. The molecule has 190 valence electrons. The lowest BCUT2D eigenvalue weighted by Gasteiger charge is -2.36. The SMILES string of the molecule is Cc1nc(OCC2(O)CCCCC2O)ccc1-c1ccc(F)c(COc2ccc3c(c2)CC(C)C3)c1. The summed E-state index contributed by atoms with van der Waals surface area (Å²) in [5.74, 6) is 1.50. The van der Waals surface area contributed by atoms with E-state index in [1.807, 2.05) is 19.1 Å². The van der Waals surface area contributed by atoms with Crippen LogP contribution in [0.25, 0.3) is 11.1 Å². The summed E-state index contributed by atoms with van der Waals surface area (Å²) in [5.41, 5.74) is 4.38. The zero-order chi connectivity index (χ0) is 25.3. The van der Waals surface area contributed by atoms with Crippen molar-refractivity contribution in [2.75, 3.05) is 6.61 Å². The van der Waals surface area contributed by atoms with Crippen molar-refractivity contribution < 1.29 is 24.1 Å². The maximum Gasteiger partial charge on any atom is 0.213 e. The van der Waals surface area contributed by atoms with Gasteiger partial charge >= 0.3 is 0 Å². The van der Waals surface area contributed by atoms with Gasteiger partial charge in [-0.25, -0.2) is 9.37 Å². The van der Waals surface area contributed by atoms with Crippen LogP contribution in [-0.4, -0.2) is 33.5 Å². The van der Waals surface area contributed by atoms with Crippen molar-refractivity contribution in [3.05, 3.63) is 76.7 Å². The van der Waals surface area contributed by atoms with Gasteiger partial charge in [-0.15, -0.1) is 0 Å². The lowest BCUT2D eigenvalue weighted by Crippen LogP contribution is -2.49. The number of aromatic nitrogens is 1. The Morgan fingerprint density at radius 3 is 2.67 bits per heavy atom. The van der Waals surface area contributed by atoms with Crippen LogP contribution in [0, 0.1) is 18.7 Å². The van der Waals surface area contributed by atoms with Gasteiger partial charge in [-0.1, -0.05) is 31.9 Å². The Bertz CT molecular complexity index is 1250. The molecule has 1 fully saturated rings. The summed E-state index contributed by atoms with van der Waals surface area (Å²) in [7, 11) is 0. The van der Waals surface area contributed by atoms with Gasteiger partial charge in [0.15, 0.2) is 0 Å². The molecule has 3 aromatic rings. The number of hydrogen-bond donors (Lipinski definition) is 2. The number of aryl methyl sites for hydroxylation is 1. The van der Waals surface area contributed by atoms with Crippen LogP contribution in [0.15, 0.2) is 48.5 Å². The maximum absolute atomic E-state index is 14.6. The van der Waals surface area contributed by atoms with Gasteiger partial charge in [0, 0.05) is 22.9 Å². The van der Waals surface area contributed by atoms with Gasteiger partial charge in [0.25, 0.3) is 0 Å². The van der Waals surface area contributed by atoms with E-state index in [-0.39, 0.29) is 19.0 Å². The molecule has 2 aromatic carbocycles. The summed E-state index contributed by atoms with van der Waals surface area (Å²) < 4.78 is 26.3. The lowest BCUT2D eigenvalue weighted by molar-refractivity contribution is -0.121. The first-order valence-electron chi connectivity index (χ1n) is 12.8. The van der Waals surface area contributed by atoms with Gasteiger partial charge < -0.3 is 19.7 Å². The normalized spacial score (nSPS) is 23.4. The number of ether oxygens (including phenoxy) is 2. The summed E-state index contributed by atoms with van der Waals surface area (Å²) in [6, 6.07) is 14.8. The molecule has 2 aliphatic rings. The fourth-order valence-corrected chi connectivity index (χ4v) is 5.41. The van der Waals surface area contributed by atoms with Crippen molar-refractivity contribution in [3.8, 4) is 22.8 Å². The molecule has 2 N–H and O–H groups in total. The Kier molecular flexibility index (Phi) is 7.00. The van der Waals surface area contributed by atoms with Crippen LogP contribution >= 0.6 is 0 Å². The van der Waals surface area contributed by atoms with Gasteiger partial charge in [-0.3, -0.25) is 0 Å². The molecule has 0 amide bonds. The molecule has 3 atom stereocenters. The number of fused-ring (bicyclic) bond motifs is 1. The minimum atomic E-state index is -1.24. The van der Waals surface area contributed by atoms with Crippen LogP contribution in [0.4, 0.5) is 4.39 Å². The Morgan fingerprint density at radius 2 is 1.86 bits per heavy atom. The average Bonchev–Trinajstić information content (AvgIpc) is 3.24. The molecule has 36 heavy (non-hydrogen) atoms. The first kappa shape index (κ1) is 24.7. The Hall–Kier alpha value is -2.96. The van der Waals surface area contributed by atoms with Crippen molar-refractivity contribution in [2.45, 2.75) is 70.7 Å². The molecule has 6 heteroatoms. The largest absolute Gasteiger partial charge is 0.489 e. The topological polar surface area (TPSA) is 71.8 Å². The van der Waals surface area contributed by atoms with Crippen molar-refractivity contribution in [2.24, 2.45) is 5.92 Å². The van der Waals surface area contributed by atoms with E-state index < -0.39 is 11.7 Å². The fourth-order valence-electron chi connectivity index (χ4n) is 5.41. The lowest BCUT2D eigenvalue weighted by atomic mass is 9.83. The van der Waals surface area contributed by atoms with Crippen LogP contribution in [0.3, 0.4) is 0 Å². The predicted octanol–water partition coefficient (Wildman–Crippen LogP) is 5.55. The van der Waals surface area contributed by atoms with E-state index in [1.54, 1.807) is 18.2 Å². The van der Waals surface area contributed by atoms with Gasteiger partial charge in [0.2, 0.25) is 5.88 Å². The van der Waals surface area contributed by atoms with E-state index in [1.165, 1.54) is 17.2 Å². The molecule has 0 radical (unpaired) electrons. The van der Waals surface area contributed by atoms with Crippen LogP contribution in [0.1, 0.15) is 55.0 Å². The van der Waals surface area contributed by atoms with Crippen LogP contribution in [0.2, 0.25) is 0 Å². The third-order valence-corrected chi connectivity index (χ3v) is 7.55. The van der Waals surface area contributed by atoms with E-state index >= 15 is 0 Å². The van der Waals surface area contributed by atoms with Crippen molar-refractivity contribution in [1.29, 1.82) is 0 Å². The van der Waals surface area contributed by atoms with Gasteiger partial charge in [0.05, 0.1) is 6.10 Å². The summed E-state index contributed by atoms with van der Waals surface area (Å²) in [5, 5.41) is 20.9. The molecule has 1 aromatic heterocycles. The van der Waals surface area contributed by atoms with Crippen LogP contribution in [0.5, 0.6) is 11.6 Å². The van der Waals surface area contributed by atoms with Crippen LogP contribution < -0.4 is 9.47 Å². The standard InChI is InChI=1S/C30H34FNO4/c1-19-13-21-6-8-25(16-23(21)14-19)35-17-24-15-22(7-10-27(24)31)26-9-11-29(32-20(26)2)36-18-30(34)12-4-3-5-28(30)33/h6-11,15-16,19,28,33-34H,3-5,12-14,17-18H2,1-2H3. The number of nitrogens with zero attached hydrogens (tertiary/aromatic N) is 1.